The molecule has 0 aliphatic heterocycles. The van der Waals surface area contributed by atoms with E-state index in [1.165, 1.54) is 19.3 Å². The molecule has 4 N–H and O–H groups in total. The second-order valence-corrected chi connectivity index (χ2v) is 5.66. The Bertz CT molecular complexity index is 188. The lowest BCUT2D eigenvalue weighted by molar-refractivity contribution is 0.0799. The van der Waals surface area contributed by atoms with Crippen LogP contribution in [-0.2, 0) is 0 Å². The highest BCUT2D eigenvalue weighted by Crippen LogP contribution is 2.32. The SMILES string of the molecule is CC1CCCC(N(CCCN)CCCN)C1C. The molecular weight excluding hydrogens is 210 g/mol. The predicted molar refractivity (Wildman–Crippen MR) is 74.9 cm³/mol. The minimum Gasteiger partial charge on any atom is -0.330 e. The quantitative estimate of drug-likeness (QED) is 0.715. The third kappa shape index (κ3) is 4.57. The summed E-state index contributed by atoms with van der Waals surface area (Å²) in [6, 6.07) is 0.761. The van der Waals surface area contributed by atoms with Crippen LogP contribution in [0.1, 0.15) is 46.0 Å². The minimum atomic E-state index is 0.761. The zero-order valence-electron chi connectivity index (χ0n) is 11.7. The maximum Gasteiger partial charge on any atom is 0.0123 e. The van der Waals surface area contributed by atoms with Crippen LogP contribution in [0.3, 0.4) is 0 Å². The molecule has 1 aliphatic rings. The van der Waals surface area contributed by atoms with Crippen LogP contribution in [0.15, 0.2) is 0 Å². The smallest absolute Gasteiger partial charge is 0.0123 e. The number of rotatable bonds is 7. The predicted octanol–water partition coefficient (Wildman–Crippen LogP) is 1.81. The zero-order valence-corrected chi connectivity index (χ0v) is 11.7. The first-order valence-corrected chi connectivity index (χ1v) is 7.35. The average Bonchev–Trinajstić information content (AvgIpc) is 2.34. The zero-order chi connectivity index (χ0) is 12.7. The Balaban J connectivity index is 2.53. The van der Waals surface area contributed by atoms with Gasteiger partial charge in [0, 0.05) is 6.04 Å². The highest BCUT2D eigenvalue weighted by Gasteiger charge is 2.30. The fraction of sp³-hybridized carbons (Fsp3) is 1.00. The molecule has 3 heteroatoms. The maximum absolute atomic E-state index is 5.65. The summed E-state index contributed by atoms with van der Waals surface area (Å²) in [6.45, 7) is 8.73. The summed E-state index contributed by atoms with van der Waals surface area (Å²) >= 11 is 0. The van der Waals surface area contributed by atoms with Gasteiger partial charge in [0.15, 0.2) is 0 Å². The molecule has 1 rings (SSSR count). The van der Waals surface area contributed by atoms with Crippen molar-refractivity contribution in [2.24, 2.45) is 23.3 Å². The number of nitrogens with zero attached hydrogens (tertiary/aromatic N) is 1. The van der Waals surface area contributed by atoms with Crippen LogP contribution in [0, 0.1) is 11.8 Å². The molecule has 1 fully saturated rings. The minimum absolute atomic E-state index is 0.761. The van der Waals surface area contributed by atoms with E-state index in [1.807, 2.05) is 0 Å². The molecule has 0 aromatic heterocycles. The molecule has 1 aliphatic carbocycles. The Morgan fingerprint density at radius 1 is 1.00 bits per heavy atom. The molecule has 0 radical (unpaired) electrons. The van der Waals surface area contributed by atoms with Crippen molar-refractivity contribution in [3.8, 4) is 0 Å². The van der Waals surface area contributed by atoms with Gasteiger partial charge in [0.25, 0.3) is 0 Å². The van der Waals surface area contributed by atoms with E-state index in [4.69, 9.17) is 11.5 Å². The summed E-state index contributed by atoms with van der Waals surface area (Å²) in [5.41, 5.74) is 11.3. The molecule has 102 valence electrons. The number of hydrogen-bond acceptors (Lipinski definition) is 3. The Morgan fingerprint density at radius 2 is 1.59 bits per heavy atom. The van der Waals surface area contributed by atoms with Gasteiger partial charge < -0.3 is 16.4 Å². The van der Waals surface area contributed by atoms with Crippen molar-refractivity contribution in [1.82, 2.24) is 4.90 Å². The standard InChI is InChI=1S/C14H31N3/c1-12-6-3-7-14(13(12)2)17(10-4-8-15)11-5-9-16/h12-14H,3-11,15-16H2,1-2H3. The summed E-state index contributed by atoms with van der Waals surface area (Å²) in [4.78, 5) is 2.65. The molecule has 0 amide bonds. The van der Waals surface area contributed by atoms with Gasteiger partial charge >= 0.3 is 0 Å². The monoisotopic (exact) mass is 241 g/mol. The second-order valence-electron chi connectivity index (χ2n) is 5.66. The molecule has 0 spiro atoms. The molecule has 0 heterocycles. The van der Waals surface area contributed by atoms with Crippen LogP contribution in [-0.4, -0.2) is 37.1 Å². The molecule has 3 nitrogen and oxygen atoms in total. The second kappa shape index (κ2) is 8.06. The Hall–Kier alpha value is -0.120. The van der Waals surface area contributed by atoms with Crippen LogP contribution >= 0.6 is 0 Å². The first-order chi connectivity index (χ1) is 8.20. The highest BCUT2D eigenvalue weighted by molar-refractivity contribution is 4.84. The van der Waals surface area contributed by atoms with Gasteiger partial charge in [-0.1, -0.05) is 26.7 Å². The summed E-state index contributed by atoms with van der Waals surface area (Å²) in [5.74, 6) is 1.69. The number of nitrogens with two attached hydrogens (primary N) is 2. The highest BCUT2D eigenvalue weighted by atomic mass is 15.2. The van der Waals surface area contributed by atoms with E-state index >= 15 is 0 Å². The van der Waals surface area contributed by atoms with Crippen molar-refractivity contribution in [2.75, 3.05) is 26.2 Å². The van der Waals surface area contributed by atoms with E-state index in [9.17, 15) is 0 Å². The summed E-state index contributed by atoms with van der Waals surface area (Å²) in [6.07, 6.45) is 6.38. The van der Waals surface area contributed by atoms with E-state index in [-0.39, 0.29) is 0 Å². The van der Waals surface area contributed by atoms with Gasteiger partial charge in [-0.25, -0.2) is 0 Å². The third-order valence-corrected chi connectivity index (χ3v) is 4.43. The largest absolute Gasteiger partial charge is 0.330 e. The molecule has 0 aromatic carbocycles. The van der Waals surface area contributed by atoms with Crippen molar-refractivity contribution >= 4 is 0 Å². The van der Waals surface area contributed by atoms with Crippen molar-refractivity contribution in [1.29, 1.82) is 0 Å². The Morgan fingerprint density at radius 3 is 2.12 bits per heavy atom. The van der Waals surface area contributed by atoms with Crippen molar-refractivity contribution in [2.45, 2.75) is 52.0 Å². The van der Waals surface area contributed by atoms with Gasteiger partial charge in [0.2, 0.25) is 0 Å². The van der Waals surface area contributed by atoms with Gasteiger partial charge in [0.05, 0.1) is 0 Å². The molecule has 3 atom stereocenters. The van der Waals surface area contributed by atoms with Gasteiger partial charge in [-0.2, -0.15) is 0 Å². The average molecular weight is 241 g/mol. The van der Waals surface area contributed by atoms with E-state index in [1.54, 1.807) is 0 Å². The summed E-state index contributed by atoms with van der Waals surface area (Å²) in [7, 11) is 0. The van der Waals surface area contributed by atoms with E-state index < -0.39 is 0 Å². The molecule has 17 heavy (non-hydrogen) atoms. The fourth-order valence-corrected chi connectivity index (χ4v) is 3.10. The number of hydrogen-bond donors (Lipinski definition) is 2. The topological polar surface area (TPSA) is 55.3 Å². The lowest BCUT2D eigenvalue weighted by Crippen LogP contribution is -2.45. The van der Waals surface area contributed by atoms with Crippen molar-refractivity contribution < 1.29 is 0 Å². The first kappa shape index (κ1) is 14.9. The van der Waals surface area contributed by atoms with Crippen LogP contribution < -0.4 is 11.5 Å². The molecular formula is C14H31N3. The molecule has 0 bridgehead atoms. The van der Waals surface area contributed by atoms with Gasteiger partial charge in [-0.15, -0.1) is 0 Å². The summed E-state index contributed by atoms with van der Waals surface area (Å²) < 4.78 is 0. The molecule has 1 saturated carbocycles. The van der Waals surface area contributed by atoms with E-state index in [0.717, 1.165) is 56.9 Å². The summed E-state index contributed by atoms with van der Waals surface area (Å²) in [5, 5.41) is 0. The van der Waals surface area contributed by atoms with Crippen LogP contribution in [0.25, 0.3) is 0 Å². The van der Waals surface area contributed by atoms with E-state index in [2.05, 4.69) is 18.7 Å². The van der Waals surface area contributed by atoms with Crippen molar-refractivity contribution in [3.05, 3.63) is 0 Å². The first-order valence-electron chi connectivity index (χ1n) is 7.35. The van der Waals surface area contributed by atoms with Gasteiger partial charge in [-0.3, -0.25) is 0 Å². The Kier molecular flexibility index (Phi) is 7.09. The van der Waals surface area contributed by atoms with Gasteiger partial charge in [-0.05, 0) is 57.3 Å². The fourth-order valence-electron chi connectivity index (χ4n) is 3.10. The van der Waals surface area contributed by atoms with Crippen LogP contribution in [0.5, 0.6) is 0 Å². The molecule has 3 unspecified atom stereocenters. The van der Waals surface area contributed by atoms with Gasteiger partial charge in [0.1, 0.15) is 0 Å². The molecule has 0 saturated heterocycles. The normalized spacial score (nSPS) is 29.8. The lowest BCUT2D eigenvalue weighted by atomic mass is 9.77. The Labute approximate surface area is 107 Å². The molecule has 0 aromatic rings. The van der Waals surface area contributed by atoms with Crippen LogP contribution in [0.4, 0.5) is 0 Å². The lowest BCUT2D eigenvalue weighted by Gasteiger charge is -2.41. The van der Waals surface area contributed by atoms with Crippen LogP contribution in [0.2, 0.25) is 0 Å². The maximum atomic E-state index is 5.65. The third-order valence-electron chi connectivity index (χ3n) is 4.43. The van der Waals surface area contributed by atoms with E-state index in [0.29, 0.717) is 0 Å². The van der Waals surface area contributed by atoms with Crippen molar-refractivity contribution in [3.63, 3.8) is 0 Å².